The van der Waals surface area contributed by atoms with E-state index in [2.05, 4.69) is 0 Å². The molecule has 1 aromatic rings. The Balaban J connectivity index is 3.27. The molecule has 0 radical (unpaired) electrons. The second-order valence-electron chi connectivity index (χ2n) is 5.27. The van der Waals surface area contributed by atoms with Crippen molar-refractivity contribution in [1.82, 2.24) is 0 Å². The first kappa shape index (κ1) is 15.0. The first-order valence-corrected chi connectivity index (χ1v) is 6.12. The zero-order chi connectivity index (χ0) is 14.8. The number of ether oxygens (including phenoxy) is 1. The lowest BCUT2D eigenvalue weighted by molar-refractivity contribution is 0.00682. The highest BCUT2D eigenvalue weighted by molar-refractivity contribution is 6.02. The first-order valence-electron chi connectivity index (χ1n) is 6.12. The summed E-state index contributed by atoms with van der Waals surface area (Å²) in [5.74, 6) is -1.06. The van der Waals surface area contributed by atoms with Crippen molar-refractivity contribution < 1.29 is 14.3 Å². The molecule has 0 saturated heterocycles. The summed E-state index contributed by atoms with van der Waals surface area (Å²) in [7, 11) is 0. The summed E-state index contributed by atoms with van der Waals surface area (Å²) < 4.78 is 5.31. The fraction of sp³-hybridized carbons (Fsp3) is 0.429. The monoisotopic (exact) mass is 264 g/mol. The lowest BCUT2D eigenvalue weighted by Crippen LogP contribution is -2.25. The zero-order valence-corrected chi connectivity index (χ0v) is 11.7. The molecule has 0 aliphatic rings. The molecule has 0 aromatic heterocycles. The number of nitrogens with two attached hydrogens (primary N) is 2. The number of rotatable bonds is 3. The predicted octanol–water partition coefficient (Wildman–Crippen LogP) is 1.89. The van der Waals surface area contributed by atoms with E-state index in [0.29, 0.717) is 17.5 Å². The van der Waals surface area contributed by atoms with Gasteiger partial charge in [0.05, 0.1) is 11.1 Å². The molecule has 1 amide bonds. The third-order valence-electron chi connectivity index (χ3n) is 2.59. The second-order valence-corrected chi connectivity index (χ2v) is 5.27. The van der Waals surface area contributed by atoms with Crippen molar-refractivity contribution >= 4 is 17.6 Å². The van der Waals surface area contributed by atoms with Gasteiger partial charge in [-0.3, -0.25) is 4.79 Å². The van der Waals surface area contributed by atoms with Gasteiger partial charge in [-0.15, -0.1) is 0 Å². The molecule has 0 fully saturated rings. The zero-order valence-electron chi connectivity index (χ0n) is 11.7. The van der Waals surface area contributed by atoms with E-state index in [0.717, 1.165) is 0 Å². The molecular formula is C14H20N2O3. The average molecular weight is 264 g/mol. The van der Waals surface area contributed by atoms with Gasteiger partial charge in [-0.05, 0) is 44.9 Å². The second kappa shape index (κ2) is 5.30. The van der Waals surface area contributed by atoms with Crippen LogP contribution in [0, 0.1) is 0 Å². The number of anilines is 1. The fourth-order valence-electron chi connectivity index (χ4n) is 1.78. The van der Waals surface area contributed by atoms with Crippen LogP contribution in [0.25, 0.3) is 0 Å². The maximum atomic E-state index is 12.1. The maximum absolute atomic E-state index is 12.1. The summed E-state index contributed by atoms with van der Waals surface area (Å²) >= 11 is 0. The molecule has 1 aromatic carbocycles. The molecule has 0 heterocycles. The van der Waals surface area contributed by atoms with E-state index >= 15 is 0 Å². The third kappa shape index (κ3) is 3.47. The Labute approximate surface area is 112 Å². The van der Waals surface area contributed by atoms with E-state index in [1.165, 1.54) is 12.1 Å². The summed E-state index contributed by atoms with van der Waals surface area (Å²) in [5.41, 5.74) is 12.0. The van der Waals surface area contributed by atoms with Crippen LogP contribution in [0.4, 0.5) is 5.69 Å². The highest BCUT2D eigenvalue weighted by atomic mass is 16.6. The van der Waals surface area contributed by atoms with Gasteiger partial charge >= 0.3 is 5.97 Å². The Morgan fingerprint density at radius 3 is 2.16 bits per heavy atom. The van der Waals surface area contributed by atoms with Crippen LogP contribution in [0.2, 0.25) is 0 Å². The molecule has 5 heteroatoms. The number of primary amides is 1. The van der Waals surface area contributed by atoms with Gasteiger partial charge in [0.2, 0.25) is 0 Å². The van der Waals surface area contributed by atoms with E-state index in [4.69, 9.17) is 16.2 Å². The van der Waals surface area contributed by atoms with Crippen LogP contribution in [0.3, 0.4) is 0 Å². The van der Waals surface area contributed by atoms with E-state index < -0.39 is 17.5 Å². The quantitative estimate of drug-likeness (QED) is 0.643. The molecule has 0 bridgehead atoms. The maximum Gasteiger partial charge on any atom is 0.339 e. The largest absolute Gasteiger partial charge is 0.456 e. The van der Waals surface area contributed by atoms with Crippen LogP contribution in [-0.2, 0) is 11.2 Å². The highest BCUT2D eigenvalue weighted by Gasteiger charge is 2.22. The Bertz CT molecular complexity index is 516. The van der Waals surface area contributed by atoms with Crippen molar-refractivity contribution in [3.05, 3.63) is 28.8 Å². The number of nitrogen functional groups attached to an aromatic ring is 1. The SMILES string of the molecule is CCc1c(C(=O)OC(C)(C)C)ccc(C(N)=O)c1N. The smallest absolute Gasteiger partial charge is 0.339 e. The van der Waals surface area contributed by atoms with Crippen molar-refractivity contribution in [3.8, 4) is 0 Å². The van der Waals surface area contributed by atoms with Crippen LogP contribution in [0.15, 0.2) is 12.1 Å². The minimum Gasteiger partial charge on any atom is -0.456 e. The molecule has 0 aliphatic carbocycles. The minimum absolute atomic E-state index is 0.226. The number of amides is 1. The normalized spacial score (nSPS) is 11.2. The topological polar surface area (TPSA) is 95.4 Å². The number of carbonyl (C=O) groups excluding carboxylic acids is 2. The molecule has 1 rings (SSSR count). The van der Waals surface area contributed by atoms with E-state index in [1.54, 1.807) is 20.8 Å². The van der Waals surface area contributed by atoms with Gasteiger partial charge in [-0.25, -0.2) is 4.79 Å². The van der Waals surface area contributed by atoms with Gasteiger partial charge in [-0.2, -0.15) is 0 Å². The van der Waals surface area contributed by atoms with Gasteiger partial charge < -0.3 is 16.2 Å². The number of carbonyl (C=O) groups is 2. The van der Waals surface area contributed by atoms with E-state index in [9.17, 15) is 9.59 Å². The van der Waals surface area contributed by atoms with E-state index in [-0.39, 0.29) is 11.3 Å². The van der Waals surface area contributed by atoms with Gasteiger partial charge in [-0.1, -0.05) is 6.92 Å². The molecule has 0 saturated carbocycles. The van der Waals surface area contributed by atoms with Gasteiger partial charge in [0, 0.05) is 5.69 Å². The molecule has 0 spiro atoms. The Hall–Kier alpha value is -2.04. The molecule has 5 nitrogen and oxygen atoms in total. The summed E-state index contributed by atoms with van der Waals surface area (Å²) in [5, 5.41) is 0. The summed E-state index contributed by atoms with van der Waals surface area (Å²) in [6, 6.07) is 2.99. The molecular weight excluding hydrogens is 244 g/mol. The number of hydrogen-bond acceptors (Lipinski definition) is 4. The fourth-order valence-corrected chi connectivity index (χ4v) is 1.78. The van der Waals surface area contributed by atoms with Crippen molar-refractivity contribution in [2.24, 2.45) is 5.73 Å². The first-order chi connectivity index (χ1) is 8.67. The molecule has 0 aliphatic heterocycles. The number of benzene rings is 1. The minimum atomic E-state index is -0.608. The lowest BCUT2D eigenvalue weighted by Gasteiger charge is -2.21. The van der Waals surface area contributed by atoms with Crippen molar-refractivity contribution in [2.45, 2.75) is 39.7 Å². The van der Waals surface area contributed by atoms with Gasteiger partial charge in [0.25, 0.3) is 5.91 Å². The van der Waals surface area contributed by atoms with Crippen molar-refractivity contribution in [2.75, 3.05) is 5.73 Å². The van der Waals surface area contributed by atoms with Gasteiger partial charge in [0.1, 0.15) is 5.60 Å². The average Bonchev–Trinajstić information content (AvgIpc) is 2.25. The molecule has 0 unspecified atom stereocenters. The highest BCUT2D eigenvalue weighted by Crippen LogP contribution is 2.24. The van der Waals surface area contributed by atoms with E-state index in [1.807, 2.05) is 6.92 Å². The number of esters is 1. The van der Waals surface area contributed by atoms with Crippen LogP contribution in [0.5, 0.6) is 0 Å². The standard InChI is InChI=1S/C14H20N2O3/c1-5-8-9(13(18)19-14(2,3)4)6-7-10(11(8)15)12(16)17/h6-7H,5,15H2,1-4H3,(H2,16,17). The van der Waals surface area contributed by atoms with Crippen LogP contribution in [-0.4, -0.2) is 17.5 Å². The molecule has 104 valence electrons. The summed E-state index contributed by atoms with van der Waals surface area (Å²) in [6.45, 7) is 7.22. The van der Waals surface area contributed by atoms with Crippen LogP contribution >= 0.6 is 0 Å². The van der Waals surface area contributed by atoms with Crippen LogP contribution < -0.4 is 11.5 Å². The van der Waals surface area contributed by atoms with Crippen molar-refractivity contribution in [1.29, 1.82) is 0 Å². The third-order valence-corrected chi connectivity index (χ3v) is 2.59. The number of hydrogen-bond donors (Lipinski definition) is 2. The lowest BCUT2D eigenvalue weighted by atomic mass is 9.98. The molecule has 19 heavy (non-hydrogen) atoms. The van der Waals surface area contributed by atoms with Crippen molar-refractivity contribution in [3.63, 3.8) is 0 Å². The van der Waals surface area contributed by atoms with Gasteiger partial charge in [0.15, 0.2) is 0 Å². The summed E-state index contributed by atoms with van der Waals surface area (Å²) in [4.78, 5) is 23.3. The predicted molar refractivity (Wildman–Crippen MR) is 73.9 cm³/mol. The Kier molecular flexibility index (Phi) is 4.19. The Morgan fingerprint density at radius 2 is 1.74 bits per heavy atom. The summed E-state index contributed by atoms with van der Waals surface area (Å²) in [6.07, 6.45) is 0.515. The molecule has 0 atom stereocenters. The Morgan fingerprint density at radius 1 is 1.21 bits per heavy atom. The molecule has 4 N–H and O–H groups in total. The van der Waals surface area contributed by atoms with Crippen LogP contribution in [0.1, 0.15) is 54.0 Å².